The molecule has 0 N–H and O–H groups in total. The molecule has 1 aliphatic rings. The molecule has 0 saturated carbocycles. The summed E-state index contributed by atoms with van der Waals surface area (Å²) in [7, 11) is 0. The number of rotatable bonds is 3. The van der Waals surface area contributed by atoms with Gasteiger partial charge in [-0.3, -0.25) is 29.8 Å². The van der Waals surface area contributed by atoms with E-state index < -0.39 is 21.0 Å². The highest BCUT2D eigenvalue weighted by Crippen LogP contribution is 2.37. The molecular weight excluding hydrogens is 462 g/mol. The zero-order valence-corrected chi connectivity index (χ0v) is 18.5. The normalized spacial score (nSPS) is 11.9. The Kier molecular flexibility index (Phi) is 4.55. The Morgan fingerprint density at radius 1 is 0.611 bits per heavy atom. The first kappa shape index (κ1) is 21.4. The van der Waals surface area contributed by atoms with E-state index in [4.69, 9.17) is 0 Å². The van der Waals surface area contributed by atoms with E-state index in [1.165, 1.54) is 24.3 Å². The van der Waals surface area contributed by atoms with E-state index in [0.717, 1.165) is 39.0 Å². The van der Waals surface area contributed by atoms with Crippen molar-refractivity contribution >= 4 is 32.9 Å². The lowest BCUT2D eigenvalue weighted by Gasteiger charge is -2.07. The van der Waals surface area contributed by atoms with Gasteiger partial charge < -0.3 is 0 Å². The van der Waals surface area contributed by atoms with Crippen molar-refractivity contribution in [3.8, 4) is 16.8 Å². The number of nitro groups is 2. The van der Waals surface area contributed by atoms with Gasteiger partial charge in [0.25, 0.3) is 22.5 Å². The number of non-ortho nitro benzene ring substituents is 2. The van der Waals surface area contributed by atoms with Crippen LogP contribution in [0.2, 0.25) is 0 Å². The summed E-state index contributed by atoms with van der Waals surface area (Å²) < 4.78 is 0.946. The van der Waals surface area contributed by atoms with E-state index in [2.05, 4.69) is 0 Å². The van der Waals surface area contributed by atoms with Gasteiger partial charge in [0, 0.05) is 24.3 Å². The van der Waals surface area contributed by atoms with Gasteiger partial charge in [-0.25, -0.2) is 4.57 Å². The third-order valence-electron chi connectivity index (χ3n) is 6.62. The van der Waals surface area contributed by atoms with Crippen LogP contribution in [0.15, 0.2) is 88.5 Å². The summed E-state index contributed by atoms with van der Waals surface area (Å²) in [5.41, 5.74) is 2.32. The van der Waals surface area contributed by atoms with E-state index in [1.807, 2.05) is 30.3 Å². The molecule has 0 amide bonds. The van der Waals surface area contributed by atoms with Gasteiger partial charge in [-0.15, -0.1) is 0 Å². The van der Waals surface area contributed by atoms with Gasteiger partial charge in [0.1, 0.15) is 0 Å². The number of hydrogen-bond acceptors (Lipinski definition) is 6. The van der Waals surface area contributed by atoms with Crippen molar-refractivity contribution in [3.05, 3.63) is 131 Å². The van der Waals surface area contributed by atoms with Crippen LogP contribution in [0.3, 0.4) is 0 Å². The van der Waals surface area contributed by atoms with Crippen molar-refractivity contribution in [3.63, 3.8) is 0 Å². The van der Waals surface area contributed by atoms with Crippen LogP contribution in [0.1, 0.15) is 11.1 Å². The molecule has 0 radical (unpaired) electrons. The second kappa shape index (κ2) is 7.67. The highest BCUT2D eigenvalue weighted by atomic mass is 16.6. The lowest BCUT2D eigenvalue weighted by Crippen LogP contribution is -2.28. The molecule has 0 bridgehead atoms. The van der Waals surface area contributed by atoms with Gasteiger partial charge in [0.15, 0.2) is 0 Å². The molecule has 0 unspecified atom stereocenters. The molecular formula is C27H15N3O6. The highest BCUT2D eigenvalue weighted by Gasteiger charge is 2.21. The SMILES string of the molecule is O=c1c2cc([N+](=O)[O-])ccc2c2ccc([N+](=O)[O-])cc2c(=O)n1-c1ccc2c(c1)Cc1ccccc1-2. The Hall–Kier alpha value is -5.18. The molecule has 0 aliphatic heterocycles. The lowest BCUT2D eigenvalue weighted by molar-refractivity contribution is -0.384. The molecule has 0 saturated heterocycles. The molecule has 36 heavy (non-hydrogen) atoms. The minimum absolute atomic E-state index is 0.0334. The van der Waals surface area contributed by atoms with E-state index in [9.17, 15) is 29.8 Å². The van der Waals surface area contributed by atoms with Crippen LogP contribution in [0.5, 0.6) is 0 Å². The number of benzene rings is 4. The molecule has 1 heterocycles. The summed E-state index contributed by atoms with van der Waals surface area (Å²) in [5, 5.41) is 23.4. The molecule has 6 rings (SSSR count). The van der Waals surface area contributed by atoms with E-state index >= 15 is 0 Å². The van der Waals surface area contributed by atoms with Gasteiger partial charge in [-0.1, -0.05) is 30.3 Å². The predicted molar refractivity (Wildman–Crippen MR) is 135 cm³/mol. The number of hydrogen-bond donors (Lipinski definition) is 0. The average Bonchev–Trinajstić information content (AvgIpc) is 3.22. The maximum absolute atomic E-state index is 13.8. The Morgan fingerprint density at radius 2 is 1.17 bits per heavy atom. The molecule has 0 atom stereocenters. The molecule has 1 aromatic heterocycles. The number of aromatic nitrogens is 1. The maximum Gasteiger partial charge on any atom is 0.270 e. The zero-order valence-electron chi connectivity index (χ0n) is 18.5. The van der Waals surface area contributed by atoms with Crippen LogP contribution in [0, 0.1) is 20.2 Å². The topological polar surface area (TPSA) is 125 Å². The van der Waals surface area contributed by atoms with Crippen LogP contribution < -0.4 is 11.1 Å². The van der Waals surface area contributed by atoms with Crippen molar-refractivity contribution in [1.29, 1.82) is 0 Å². The van der Waals surface area contributed by atoms with E-state index in [1.54, 1.807) is 12.1 Å². The summed E-state index contributed by atoms with van der Waals surface area (Å²) in [6.07, 6.45) is 0.625. The molecule has 5 aromatic rings. The zero-order chi connectivity index (χ0) is 25.1. The summed E-state index contributed by atoms with van der Waals surface area (Å²) in [6, 6.07) is 20.7. The smallest absolute Gasteiger partial charge is 0.268 e. The lowest BCUT2D eigenvalue weighted by atomic mass is 10.1. The van der Waals surface area contributed by atoms with Crippen molar-refractivity contribution in [2.24, 2.45) is 0 Å². The second-order valence-corrected chi connectivity index (χ2v) is 8.60. The molecule has 0 fully saturated rings. The fourth-order valence-electron chi connectivity index (χ4n) is 4.95. The highest BCUT2D eigenvalue weighted by molar-refractivity contribution is 6.06. The molecule has 9 nitrogen and oxygen atoms in total. The maximum atomic E-state index is 13.8. The molecule has 9 heteroatoms. The number of fused-ring (bicyclic) bond motifs is 6. The fraction of sp³-hybridized carbons (Fsp3) is 0.0370. The van der Waals surface area contributed by atoms with Crippen molar-refractivity contribution in [2.45, 2.75) is 6.42 Å². The van der Waals surface area contributed by atoms with Gasteiger partial charge in [0.2, 0.25) is 0 Å². The van der Waals surface area contributed by atoms with E-state index in [-0.39, 0.29) is 27.8 Å². The summed E-state index contributed by atoms with van der Waals surface area (Å²) in [4.78, 5) is 49.2. The van der Waals surface area contributed by atoms with Crippen molar-refractivity contribution in [2.75, 3.05) is 0 Å². The van der Waals surface area contributed by atoms with Crippen molar-refractivity contribution in [1.82, 2.24) is 4.57 Å². The van der Waals surface area contributed by atoms with E-state index in [0.29, 0.717) is 17.2 Å². The quantitative estimate of drug-likeness (QED) is 0.264. The average molecular weight is 477 g/mol. The van der Waals surface area contributed by atoms with Crippen LogP contribution in [-0.2, 0) is 6.42 Å². The Labute approximate surface area is 201 Å². The molecule has 0 spiro atoms. The largest absolute Gasteiger partial charge is 0.270 e. The Bertz CT molecular complexity index is 1840. The van der Waals surface area contributed by atoms with Crippen LogP contribution in [0.4, 0.5) is 11.4 Å². The second-order valence-electron chi connectivity index (χ2n) is 8.60. The van der Waals surface area contributed by atoms with Gasteiger partial charge >= 0.3 is 0 Å². The molecule has 4 aromatic carbocycles. The first-order valence-electron chi connectivity index (χ1n) is 11.0. The summed E-state index contributed by atoms with van der Waals surface area (Å²) in [5.74, 6) is 0. The third-order valence-corrected chi connectivity index (χ3v) is 6.62. The Balaban J connectivity index is 1.73. The summed E-state index contributed by atoms with van der Waals surface area (Å²) in [6.45, 7) is 0. The van der Waals surface area contributed by atoms with Crippen molar-refractivity contribution < 1.29 is 9.85 Å². The van der Waals surface area contributed by atoms with Crippen LogP contribution >= 0.6 is 0 Å². The first-order valence-corrected chi connectivity index (χ1v) is 11.0. The number of nitrogens with zero attached hydrogens (tertiary/aromatic N) is 3. The molecule has 174 valence electrons. The monoisotopic (exact) mass is 477 g/mol. The van der Waals surface area contributed by atoms with Crippen LogP contribution in [0.25, 0.3) is 38.4 Å². The first-order chi connectivity index (χ1) is 17.3. The van der Waals surface area contributed by atoms with Gasteiger partial charge in [-0.2, -0.15) is 0 Å². The fourth-order valence-corrected chi connectivity index (χ4v) is 4.95. The standard InChI is InChI=1S/C27H15N3O6/c31-26-24-13-18(29(33)34)6-9-22(24)23-10-7-19(30(35)36)14-25(23)27(32)28(26)17-5-8-21-16(12-17)11-15-3-1-2-4-20(15)21/h1-10,12-14H,11H2. The van der Waals surface area contributed by atoms with Crippen LogP contribution in [-0.4, -0.2) is 14.4 Å². The summed E-state index contributed by atoms with van der Waals surface area (Å²) >= 11 is 0. The minimum atomic E-state index is -0.743. The number of nitro benzene ring substituents is 2. The molecule has 1 aliphatic carbocycles. The predicted octanol–water partition coefficient (Wildman–Crippen LogP) is 4.89. The minimum Gasteiger partial charge on any atom is -0.268 e. The van der Waals surface area contributed by atoms with Gasteiger partial charge in [-0.05, 0) is 63.7 Å². The third kappa shape index (κ3) is 3.10. The Morgan fingerprint density at radius 3 is 1.75 bits per heavy atom. The van der Waals surface area contributed by atoms with Gasteiger partial charge in [0.05, 0.1) is 26.3 Å².